The number of carbonyl (C=O) groups excluding carboxylic acids is 3. The number of amides is 1. The third-order valence-electron chi connectivity index (χ3n) is 2.89. The number of hydroxylamine groups is 2. The maximum atomic E-state index is 11.6. The number of methoxy groups -OCH3 is 1. The van der Waals surface area contributed by atoms with Crippen LogP contribution in [0.2, 0.25) is 0 Å². The average Bonchev–Trinajstić information content (AvgIpc) is 2.55. The topological polar surface area (TPSA) is 101 Å². The van der Waals surface area contributed by atoms with Gasteiger partial charge in [-0.3, -0.25) is 14.4 Å². The molecule has 0 aromatic heterocycles. The highest BCUT2D eigenvalue weighted by Gasteiger charge is 2.19. The Labute approximate surface area is 154 Å². The number of rotatable bonds is 12. The van der Waals surface area contributed by atoms with Gasteiger partial charge in [0, 0.05) is 19.9 Å². The van der Waals surface area contributed by atoms with E-state index in [2.05, 4.69) is 4.74 Å². The Hall–Kier alpha value is -1.87. The third kappa shape index (κ3) is 14.5. The first-order valence-corrected chi connectivity index (χ1v) is 8.55. The number of hydrogen-bond donors (Lipinski definition) is 0. The minimum atomic E-state index is -0.589. The van der Waals surface area contributed by atoms with Gasteiger partial charge < -0.3 is 18.9 Å². The van der Waals surface area contributed by atoms with Gasteiger partial charge in [-0.1, -0.05) is 0 Å². The summed E-state index contributed by atoms with van der Waals surface area (Å²) in [5.41, 5.74) is -0.589. The van der Waals surface area contributed by atoms with E-state index >= 15 is 0 Å². The molecule has 0 aromatic carbocycles. The Morgan fingerprint density at radius 3 is 2.04 bits per heavy atom. The van der Waals surface area contributed by atoms with Gasteiger partial charge in [0.15, 0.2) is 0 Å². The quantitative estimate of drug-likeness (QED) is 0.220. The molecule has 0 saturated heterocycles. The molecule has 0 aliphatic carbocycles. The zero-order valence-corrected chi connectivity index (χ0v) is 16.4. The minimum absolute atomic E-state index is 0.137. The summed E-state index contributed by atoms with van der Waals surface area (Å²) >= 11 is 0. The van der Waals surface area contributed by atoms with Gasteiger partial charge in [-0.25, -0.2) is 4.79 Å². The van der Waals surface area contributed by atoms with Crippen molar-refractivity contribution >= 4 is 18.0 Å². The second-order valence-corrected chi connectivity index (χ2v) is 6.43. The van der Waals surface area contributed by atoms with Crippen LogP contribution in [0.4, 0.5) is 4.79 Å². The van der Waals surface area contributed by atoms with Gasteiger partial charge in [-0.2, -0.15) is 5.06 Å². The molecule has 0 N–H and O–H groups in total. The van der Waals surface area contributed by atoms with Crippen LogP contribution in [-0.4, -0.2) is 69.3 Å². The van der Waals surface area contributed by atoms with Gasteiger partial charge in [0.1, 0.15) is 12.2 Å². The van der Waals surface area contributed by atoms with E-state index in [-0.39, 0.29) is 44.8 Å². The summed E-state index contributed by atoms with van der Waals surface area (Å²) < 4.78 is 19.9. The minimum Gasteiger partial charge on any atom is -0.469 e. The summed E-state index contributed by atoms with van der Waals surface area (Å²) in [6.07, 6.45) is 1.12. The van der Waals surface area contributed by atoms with Crippen LogP contribution in [0.15, 0.2) is 0 Å². The Balaban J connectivity index is 3.54. The molecule has 0 spiro atoms. The van der Waals surface area contributed by atoms with E-state index in [9.17, 15) is 14.4 Å². The summed E-state index contributed by atoms with van der Waals surface area (Å²) in [6.45, 7) is 6.07. The number of ether oxygens (including phenoxy) is 4. The molecule has 0 aromatic rings. The first kappa shape index (κ1) is 24.1. The summed E-state index contributed by atoms with van der Waals surface area (Å²) in [6, 6.07) is 0. The van der Waals surface area contributed by atoms with E-state index in [4.69, 9.17) is 19.0 Å². The van der Waals surface area contributed by atoms with E-state index < -0.39 is 11.7 Å². The molecule has 0 atom stereocenters. The van der Waals surface area contributed by atoms with Crippen molar-refractivity contribution in [3.63, 3.8) is 0 Å². The lowest BCUT2D eigenvalue weighted by Crippen LogP contribution is -2.35. The molecular weight excluding hydrogens is 346 g/mol. The van der Waals surface area contributed by atoms with Gasteiger partial charge in [0.05, 0.1) is 26.9 Å². The largest absolute Gasteiger partial charge is 0.469 e. The second-order valence-electron chi connectivity index (χ2n) is 6.43. The summed E-state index contributed by atoms with van der Waals surface area (Å²) in [4.78, 5) is 39.1. The molecule has 0 fully saturated rings. The van der Waals surface area contributed by atoms with E-state index in [1.807, 2.05) is 0 Å². The SMILES string of the molecule is COC(=O)CCCCC(=O)OCCOCCON(C)C(=O)OC(C)(C)C. The van der Waals surface area contributed by atoms with Crippen molar-refractivity contribution in [1.82, 2.24) is 5.06 Å². The Morgan fingerprint density at radius 2 is 1.46 bits per heavy atom. The fourth-order valence-corrected chi connectivity index (χ4v) is 1.64. The van der Waals surface area contributed by atoms with Crippen molar-refractivity contribution in [3.05, 3.63) is 0 Å². The summed E-state index contributed by atoms with van der Waals surface area (Å²) in [5.74, 6) is -0.620. The molecule has 0 aliphatic heterocycles. The maximum absolute atomic E-state index is 11.6. The van der Waals surface area contributed by atoms with Crippen LogP contribution < -0.4 is 0 Å². The van der Waals surface area contributed by atoms with E-state index in [1.54, 1.807) is 20.8 Å². The lowest BCUT2D eigenvalue weighted by Gasteiger charge is -2.23. The number of esters is 2. The number of carbonyl (C=O) groups is 3. The first-order chi connectivity index (χ1) is 12.2. The molecule has 26 heavy (non-hydrogen) atoms. The number of nitrogens with zero attached hydrogens (tertiary/aromatic N) is 1. The van der Waals surface area contributed by atoms with Crippen LogP contribution >= 0.6 is 0 Å². The molecule has 9 nitrogen and oxygen atoms in total. The van der Waals surface area contributed by atoms with Crippen molar-refractivity contribution in [2.45, 2.75) is 52.1 Å². The second kappa shape index (κ2) is 13.3. The Morgan fingerprint density at radius 1 is 0.885 bits per heavy atom. The number of unbranched alkanes of at least 4 members (excludes halogenated alkanes) is 1. The first-order valence-electron chi connectivity index (χ1n) is 8.55. The molecule has 0 heterocycles. The molecule has 152 valence electrons. The molecule has 0 unspecified atom stereocenters. The summed E-state index contributed by atoms with van der Waals surface area (Å²) in [7, 11) is 2.78. The molecule has 0 aliphatic rings. The predicted octanol–water partition coefficient (Wildman–Crippen LogP) is 2.08. The lowest BCUT2D eigenvalue weighted by molar-refractivity contribution is -0.150. The van der Waals surface area contributed by atoms with Crippen molar-refractivity contribution in [2.75, 3.05) is 40.6 Å². The predicted molar refractivity (Wildman–Crippen MR) is 92.2 cm³/mol. The molecule has 0 rings (SSSR count). The maximum Gasteiger partial charge on any atom is 0.434 e. The standard InChI is InChI=1S/C17H31NO8/c1-17(2,3)26-16(21)18(4)25-13-11-23-10-12-24-15(20)9-7-6-8-14(19)22-5/h6-13H2,1-5H3. The fourth-order valence-electron chi connectivity index (χ4n) is 1.64. The Bertz CT molecular complexity index is 433. The van der Waals surface area contributed by atoms with Crippen molar-refractivity contribution in [2.24, 2.45) is 0 Å². The van der Waals surface area contributed by atoms with Gasteiger partial charge >= 0.3 is 18.0 Å². The van der Waals surface area contributed by atoms with Crippen molar-refractivity contribution in [3.8, 4) is 0 Å². The van der Waals surface area contributed by atoms with Gasteiger partial charge in [-0.05, 0) is 33.6 Å². The van der Waals surface area contributed by atoms with Gasteiger partial charge in [0.2, 0.25) is 0 Å². The third-order valence-corrected chi connectivity index (χ3v) is 2.89. The molecule has 0 saturated carbocycles. The van der Waals surface area contributed by atoms with Crippen LogP contribution in [0.5, 0.6) is 0 Å². The molecule has 1 amide bonds. The lowest BCUT2D eigenvalue weighted by atomic mass is 10.2. The van der Waals surface area contributed by atoms with E-state index in [0.29, 0.717) is 19.3 Å². The van der Waals surface area contributed by atoms with Crippen molar-refractivity contribution < 1.29 is 38.2 Å². The van der Waals surface area contributed by atoms with E-state index in [0.717, 1.165) is 5.06 Å². The molecular formula is C17H31NO8. The monoisotopic (exact) mass is 377 g/mol. The van der Waals surface area contributed by atoms with Crippen LogP contribution in [0.25, 0.3) is 0 Å². The molecule has 0 radical (unpaired) electrons. The molecule has 9 heteroatoms. The smallest absolute Gasteiger partial charge is 0.434 e. The zero-order valence-electron chi connectivity index (χ0n) is 16.4. The van der Waals surface area contributed by atoms with Crippen LogP contribution in [0, 0.1) is 0 Å². The zero-order chi connectivity index (χ0) is 20.0. The van der Waals surface area contributed by atoms with Gasteiger partial charge in [0.25, 0.3) is 0 Å². The number of hydrogen-bond acceptors (Lipinski definition) is 8. The van der Waals surface area contributed by atoms with E-state index in [1.165, 1.54) is 14.2 Å². The normalized spacial score (nSPS) is 11.0. The van der Waals surface area contributed by atoms with Crippen LogP contribution in [-0.2, 0) is 33.4 Å². The highest BCUT2D eigenvalue weighted by Crippen LogP contribution is 2.09. The fraction of sp³-hybridized carbons (Fsp3) is 0.824. The average molecular weight is 377 g/mol. The molecule has 0 bridgehead atoms. The highest BCUT2D eigenvalue weighted by molar-refractivity contribution is 5.70. The van der Waals surface area contributed by atoms with Crippen LogP contribution in [0.1, 0.15) is 46.5 Å². The summed E-state index contributed by atoms with van der Waals surface area (Å²) in [5, 5.41) is 1.00. The van der Waals surface area contributed by atoms with Crippen LogP contribution in [0.3, 0.4) is 0 Å². The Kier molecular flexibility index (Phi) is 12.4. The van der Waals surface area contributed by atoms with Crippen molar-refractivity contribution in [1.29, 1.82) is 0 Å². The van der Waals surface area contributed by atoms with Gasteiger partial charge in [-0.15, -0.1) is 0 Å². The highest BCUT2D eigenvalue weighted by atomic mass is 16.7.